The van der Waals surface area contributed by atoms with Crippen LogP contribution in [-0.4, -0.2) is 96.0 Å². The smallest absolute Gasteiger partial charge is 0.306 e. The SMILES string of the molecule is CCCCC/C=C/C/C=C/C/C=C/CCCCCCC(=O)OC[C@H](CO[C@H]1O[C@H](CS(=O)(=O)O)[C@@H](O)C(O)C1O)OC(=O)CCCCCCCCCCCCCCCCC. The van der Waals surface area contributed by atoms with E-state index in [4.69, 9.17) is 18.9 Å². The van der Waals surface area contributed by atoms with Gasteiger partial charge >= 0.3 is 11.9 Å². The summed E-state index contributed by atoms with van der Waals surface area (Å²) in [6.07, 6.45) is 33.2. The molecule has 1 aliphatic heterocycles. The van der Waals surface area contributed by atoms with Crippen LogP contribution in [0.1, 0.15) is 194 Å². The molecule has 60 heavy (non-hydrogen) atoms. The number of carbonyl (C=O) groups is 2. The molecule has 1 rings (SSSR count). The Hall–Kier alpha value is -2.13. The molecule has 1 heterocycles. The Balaban J connectivity index is 2.44. The van der Waals surface area contributed by atoms with Crippen molar-refractivity contribution in [2.45, 2.75) is 230 Å². The maximum absolute atomic E-state index is 12.8. The molecule has 4 N–H and O–H groups in total. The Morgan fingerprint density at radius 3 is 1.52 bits per heavy atom. The molecule has 0 aromatic heterocycles. The lowest BCUT2D eigenvalue weighted by Gasteiger charge is -2.40. The normalized spacial score (nSPS) is 20.4. The Morgan fingerprint density at radius 1 is 0.567 bits per heavy atom. The van der Waals surface area contributed by atoms with E-state index < -0.39 is 71.2 Å². The first kappa shape index (κ1) is 55.9. The highest BCUT2D eigenvalue weighted by Gasteiger charge is 2.46. The number of allylic oxidation sites excluding steroid dienone is 6. The lowest BCUT2D eigenvalue weighted by molar-refractivity contribution is -0.297. The number of esters is 2. The van der Waals surface area contributed by atoms with Gasteiger partial charge in [-0.25, -0.2) is 0 Å². The van der Waals surface area contributed by atoms with Crippen LogP contribution in [0.25, 0.3) is 0 Å². The van der Waals surface area contributed by atoms with Crippen molar-refractivity contribution < 1.29 is 56.8 Å². The summed E-state index contributed by atoms with van der Waals surface area (Å²) >= 11 is 0. The first-order chi connectivity index (χ1) is 29.0. The zero-order valence-electron chi connectivity index (χ0n) is 37.3. The lowest BCUT2D eigenvalue weighted by Crippen LogP contribution is -2.60. The number of carbonyl (C=O) groups excluding carboxylic acids is 2. The first-order valence-electron chi connectivity index (χ1n) is 23.5. The summed E-state index contributed by atoms with van der Waals surface area (Å²) in [6, 6.07) is 0. The zero-order chi connectivity index (χ0) is 44.1. The third kappa shape index (κ3) is 31.7. The predicted octanol–water partition coefficient (Wildman–Crippen LogP) is 9.78. The standard InChI is InChI=1S/C47H84O12S/c1-3-5-7-9-11-13-15-17-19-20-22-23-25-27-29-31-33-35-42(48)56-37-40(38-57-47-46(52)45(51)44(50)41(59-47)39-60(53,54)55)58-43(49)36-34-32-30-28-26-24-21-18-16-14-12-10-8-6-4-2/h11,13,17,19,22-23,40-41,44-47,50-52H,3-10,12,14-16,18,20-21,24-39H2,1-2H3,(H,53,54,55)/b13-11+,19-17+,23-22+/t40-,41-,44-,45?,46?,47+/m1/s1. The molecule has 0 spiro atoms. The second kappa shape index (κ2) is 37.4. The van der Waals surface area contributed by atoms with Crippen LogP contribution in [0.15, 0.2) is 36.5 Å². The van der Waals surface area contributed by atoms with Gasteiger partial charge < -0.3 is 34.3 Å². The van der Waals surface area contributed by atoms with E-state index in [2.05, 4.69) is 50.3 Å². The van der Waals surface area contributed by atoms with Crippen molar-refractivity contribution in [2.75, 3.05) is 19.0 Å². The van der Waals surface area contributed by atoms with Crippen molar-refractivity contribution in [3.63, 3.8) is 0 Å². The number of hydrogen-bond donors (Lipinski definition) is 4. The van der Waals surface area contributed by atoms with Gasteiger partial charge in [0, 0.05) is 12.8 Å². The van der Waals surface area contributed by atoms with E-state index in [0.717, 1.165) is 64.2 Å². The highest BCUT2D eigenvalue weighted by atomic mass is 32.2. The fraction of sp³-hybridized carbons (Fsp3) is 0.830. The molecule has 0 bridgehead atoms. The van der Waals surface area contributed by atoms with E-state index in [-0.39, 0.29) is 19.4 Å². The molecule has 350 valence electrons. The van der Waals surface area contributed by atoms with Crippen LogP contribution in [0, 0.1) is 0 Å². The summed E-state index contributed by atoms with van der Waals surface area (Å²) in [7, 11) is -4.60. The van der Waals surface area contributed by atoms with Crippen LogP contribution in [0.4, 0.5) is 0 Å². The molecular weight excluding hydrogens is 789 g/mol. The molecule has 0 aromatic carbocycles. The van der Waals surface area contributed by atoms with E-state index in [9.17, 15) is 37.9 Å². The van der Waals surface area contributed by atoms with Gasteiger partial charge in [0.1, 0.15) is 36.8 Å². The Labute approximate surface area is 363 Å². The molecule has 1 aliphatic rings. The minimum atomic E-state index is -4.60. The molecule has 0 aliphatic carbocycles. The highest BCUT2D eigenvalue weighted by Crippen LogP contribution is 2.24. The Morgan fingerprint density at radius 2 is 1.00 bits per heavy atom. The summed E-state index contributed by atoms with van der Waals surface area (Å²) in [6.45, 7) is 3.72. The molecule has 0 saturated carbocycles. The first-order valence-corrected chi connectivity index (χ1v) is 25.2. The third-order valence-corrected chi connectivity index (χ3v) is 11.5. The minimum absolute atomic E-state index is 0.162. The van der Waals surface area contributed by atoms with E-state index in [1.54, 1.807) is 0 Å². The Bertz CT molecular complexity index is 1250. The summed E-state index contributed by atoms with van der Waals surface area (Å²) in [5.41, 5.74) is 0. The third-order valence-electron chi connectivity index (χ3n) is 10.7. The van der Waals surface area contributed by atoms with Gasteiger partial charge in [-0.15, -0.1) is 0 Å². The summed E-state index contributed by atoms with van der Waals surface area (Å²) < 4.78 is 54.1. The van der Waals surface area contributed by atoms with Gasteiger partial charge in [0.15, 0.2) is 12.4 Å². The monoisotopic (exact) mass is 873 g/mol. The molecule has 13 heteroatoms. The fourth-order valence-electron chi connectivity index (χ4n) is 7.04. The van der Waals surface area contributed by atoms with E-state index >= 15 is 0 Å². The molecule has 1 saturated heterocycles. The quantitative estimate of drug-likeness (QED) is 0.0199. The summed E-state index contributed by atoms with van der Waals surface area (Å²) in [5.74, 6) is -2.00. The molecule has 0 aromatic rings. The molecule has 6 atom stereocenters. The topological polar surface area (TPSA) is 186 Å². The van der Waals surface area contributed by atoms with Crippen LogP contribution in [0.5, 0.6) is 0 Å². The van der Waals surface area contributed by atoms with Gasteiger partial charge in [-0.2, -0.15) is 8.42 Å². The number of hydrogen-bond acceptors (Lipinski definition) is 11. The number of aliphatic hydroxyl groups is 3. The Kier molecular flexibility index (Phi) is 34.9. The maximum Gasteiger partial charge on any atom is 0.306 e. The summed E-state index contributed by atoms with van der Waals surface area (Å²) in [4.78, 5) is 25.4. The van der Waals surface area contributed by atoms with Crippen molar-refractivity contribution >= 4 is 22.1 Å². The van der Waals surface area contributed by atoms with E-state index in [0.29, 0.717) is 12.8 Å². The average molecular weight is 873 g/mol. The molecule has 2 unspecified atom stereocenters. The molecule has 0 amide bonds. The van der Waals surface area contributed by atoms with Crippen LogP contribution in [-0.2, 0) is 38.7 Å². The molecule has 1 fully saturated rings. The maximum atomic E-state index is 12.8. The molecular formula is C47H84O12S. The number of unbranched alkanes of at least 4 members (excludes halogenated alkanes) is 21. The van der Waals surface area contributed by atoms with Gasteiger partial charge in [-0.05, 0) is 51.4 Å². The van der Waals surface area contributed by atoms with Crippen LogP contribution >= 0.6 is 0 Å². The molecule has 12 nitrogen and oxygen atoms in total. The van der Waals surface area contributed by atoms with Crippen molar-refractivity contribution in [1.29, 1.82) is 0 Å². The van der Waals surface area contributed by atoms with Gasteiger partial charge in [0.25, 0.3) is 10.1 Å². The van der Waals surface area contributed by atoms with Crippen molar-refractivity contribution in [2.24, 2.45) is 0 Å². The van der Waals surface area contributed by atoms with Gasteiger partial charge in [0.05, 0.1) is 6.61 Å². The van der Waals surface area contributed by atoms with Crippen molar-refractivity contribution in [3.8, 4) is 0 Å². The average Bonchev–Trinajstić information content (AvgIpc) is 3.21. The van der Waals surface area contributed by atoms with Crippen molar-refractivity contribution in [1.82, 2.24) is 0 Å². The van der Waals surface area contributed by atoms with Crippen LogP contribution in [0.2, 0.25) is 0 Å². The van der Waals surface area contributed by atoms with Gasteiger partial charge in [0.2, 0.25) is 0 Å². The van der Waals surface area contributed by atoms with Crippen LogP contribution < -0.4 is 0 Å². The number of aliphatic hydroxyl groups excluding tert-OH is 3. The predicted molar refractivity (Wildman–Crippen MR) is 238 cm³/mol. The highest BCUT2D eigenvalue weighted by molar-refractivity contribution is 7.85. The van der Waals surface area contributed by atoms with E-state index in [1.807, 2.05) is 0 Å². The largest absolute Gasteiger partial charge is 0.462 e. The number of ether oxygens (including phenoxy) is 4. The van der Waals surface area contributed by atoms with Crippen molar-refractivity contribution in [3.05, 3.63) is 36.5 Å². The second-order valence-electron chi connectivity index (χ2n) is 16.4. The molecule has 0 radical (unpaired) electrons. The fourth-order valence-corrected chi connectivity index (χ4v) is 7.73. The minimum Gasteiger partial charge on any atom is -0.462 e. The lowest BCUT2D eigenvalue weighted by atomic mass is 10.00. The summed E-state index contributed by atoms with van der Waals surface area (Å²) in [5, 5.41) is 30.9. The van der Waals surface area contributed by atoms with Gasteiger partial charge in [-0.1, -0.05) is 166 Å². The van der Waals surface area contributed by atoms with Gasteiger partial charge in [-0.3, -0.25) is 14.1 Å². The zero-order valence-corrected chi connectivity index (χ0v) is 38.1. The van der Waals surface area contributed by atoms with Crippen LogP contribution in [0.3, 0.4) is 0 Å². The second-order valence-corrected chi connectivity index (χ2v) is 17.9. The van der Waals surface area contributed by atoms with E-state index in [1.165, 1.54) is 89.9 Å². The number of rotatable bonds is 39.